The fourth-order valence-electron chi connectivity index (χ4n) is 2.47. The Morgan fingerprint density at radius 1 is 1.53 bits per heavy atom. The monoisotopic (exact) mass is 233 g/mol. The Labute approximate surface area is 104 Å². The average molecular weight is 233 g/mol. The third-order valence-electron chi connectivity index (χ3n) is 3.59. The number of rotatable bonds is 5. The summed E-state index contributed by atoms with van der Waals surface area (Å²) in [5, 5.41) is 3.45. The van der Waals surface area contributed by atoms with Crippen molar-refractivity contribution in [3.8, 4) is 0 Å². The lowest BCUT2D eigenvalue weighted by Crippen LogP contribution is -2.26. The molecule has 1 atom stereocenters. The smallest absolute Gasteiger partial charge is 0.0315 e. The highest BCUT2D eigenvalue weighted by atomic mass is 15.1. The first kappa shape index (κ1) is 12.5. The molecule has 1 N–H and O–H groups in total. The first-order chi connectivity index (χ1) is 8.29. The summed E-state index contributed by atoms with van der Waals surface area (Å²) in [5.41, 5.74) is 2.73. The van der Waals surface area contributed by atoms with Gasteiger partial charge in [-0.05, 0) is 56.1 Å². The number of aryl methyl sites for hydroxylation is 1. The van der Waals surface area contributed by atoms with Gasteiger partial charge in [-0.3, -0.25) is 9.88 Å². The van der Waals surface area contributed by atoms with Crippen molar-refractivity contribution in [2.24, 2.45) is 5.92 Å². The minimum absolute atomic E-state index is 0.826. The first-order valence-electron chi connectivity index (χ1n) is 6.62. The largest absolute Gasteiger partial charge is 0.317 e. The Morgan fingerprint density at radius 2 is 2.41 bits per heavy atom. The van der Waals surface area contributed by atoms with Crippen LogP contribution < -0.4 is 5.32 Å². The third kappa shape index (κ3) is 3.51. The van der Waals surface area contributed by atoms with Crippen molar-refractivity contribution < 1.29 is 0 Å². The van der Waals surface area contributed by atoms with Crippen LogP contribution in [-0.2, 0) is 6.54 Å². The molecule has 0 saturated carbocycles. The topological polar surface area (TPSA) is 28.2 Å². The summed E-state index contributed by atoms with van der Waals surface area (Å²) in [6, 6.07) is 2.10. The van der Waals surface area contributed by atoms with E-state index in [0.717, 1.165) is 19.0 Å². The van der Waals surface area contributed by atoms with Crippen molar-refractivity contribution in [1.29, 1.82) is 0 Å². The van der Waals surface area contributed by atoms with Crippen LogP contribution in [0.2, 0.25) is 0 Å². The van der Waals surface area contributed by atoms with E-state index in [9.17, 15) is 0 Å². The molecule has 1 aromatic rings. The molecular formula is C14H23N3. The van der Waals surface area contributed by atoms with Crippen molar-refractivity contribution in [2.75, 3.05) is 26.2 Å². The lowest BCUT2D eigenvalue weighted by molar-refractivity contribution is 0.313. The van der Waals surface area contributed by atoms with Crippen LogP contribution in [0, 0.1) is 12.8 Å². The number of hydrogen-bond donors (Lipinski definition) is 1. The van der Waals surface area contributed by atoms with Crippen LogP contribution >= 0.6 is 0 Å². The predicted molar refractivity (Wildman–Crippen MR) is 70.9 cm³/mol. The van der Waals surface area contributed by atoms with Crippen molar-refractivity contribution in [3.63, 3.8) is 0 Å². The number of likely N-dealkylation sites (tertiary alicyclic amines) is 1. The number of aromatic nitrogens is 1. The van der Waals surface area contributed by atoms with E-state index in [4.69, 9.17) is 0 Å². The highest BCUT2D eigenvalue weighted by Gasteiger charge is 2.22. The van der Waals surface area contributed by atoms with Gasteiger partial charge < -0.3 is 5.32 Å². The molecule has 1 aliphatic heterocycles. The molecule has 1 fully saturated rings. The maximum Gasteiger partial charge on any atom is 0.0315 e. The van der Waals surface area contributed by atoms with E-state index < -0.39 is 0 Å². The maximum atomic E-state index is 4.22. The summed E-state index contributed by atoms with van der Waals surface area (Å²) in [5.74, 6) is 0.826. The van der Waals surface area contributed by atoms with E-state index >= 15 is 0 Å². The van der Waals surface area contributed by atoms with Gasteiger partial charge in [0.15, 0.2) is 0 Å². The molecule has 1 saturated heterocycles. The molecule has 1 aromatic heterocycles. The van der Waals surface area contributed by atoms with Gasteiger partial charge in [-0.15, -0.1) is 0 Å². The molecule has 0 bridgehead atoms. The molecule has 2 rings (SSSR count). The standard InChI is InChI=1S/C14H23N3/c1-3-15-8-13-5-7-17(10-13)11-14-9-16-6-4-12(14)2/h4,6,9,13,15H,3,5,7-8,10-11H2,1-2H3. The Balaban J connectivity index is 1.83. The maximum absolute atomic E-state index is 4.22. The van der Waals surface area contributed by atoms with Crippen LogP contribution in [0.3, 0.4) is 0 Å². The average Bonchev–Trinajstić information content (AvgIpc) is 2.77. The molecule has 1 unspecified atom stereocenters. The molecule has 3 nitrogen and oxygen atoms in total. The Bertz CT molecular complexity index is 351. The highest BCUT2D eigenvalue weighted by molar-refractivity contribution is 5.21. The van der Waals surface area contributed by atoms with Crippen LogP contribution in [0.25, 0.3) is 0 Å². The second-order valence-corrected chi connectivity index (χ2v) is 5.00. The van der Waals surface area contributed by atoms with Gasteiger partial charge in [0.25, 0.3) is 0 Å². The zero-order valence-corrected chi connectivity index (χ0v) is 10.9. The quantitative estimate of drug-likeness (QED) is 0.841. The van der Waals surface area contributed by atoms with Crippen LogP contribution in [0.15, 0.2) is 18.5 Å². The molecule has 3 heteroatoms. The number of pyridine rings is 1. The number of nitrogens with zero attached hydrogens (tertiary/aromatic N) is 2. The summed E-state index contributed by atoms with van der Waals surface area (Å²) in [4.78, 5) is 6.76. The van der Waals surface area contributed by atoms with Crippen molar-refractivity contribution in [2.45, 2.75) is 26.8 Å². The van der Waals surface area contributed by atoms with Gasteiger partial charge >= 0.3 is 0 Å². The lowest BCUT2D eigenvalue weighted by atomic mass is 10.1. The zero-order chi connectivity index (χ0) is 12.1. The molecular weight excluding hydrogens is 210 g/mol. The van der Waals surface area contributed by atoms with Gasteiger partial charge in [-0.1, -0.05) is 6.92 Å². The molecule has 0 aromatic carbocycles. The second kappa shape index (κ2) is 6.12. The summed E-state index contributed by atoms with van der Waals surface area (Å²) in [6.45, 7) is 10.1. The van der Waals surface area contributed by atoms with Gasteiger partial charge in [0.05, 0.1) is 0 Å². The minimum atomic E-state index is 0.826. The summed E-state index contributed by atoms with van der Waals surface area (Å²) >= 11 is 0. The van der Waals surface area contributed by atoms with Crippen molar-refractivity contribution in [3.05, 3.63) is 29.6 Å². The van der Waals surface area contributed by atoms with E-state index in [2.05, 4.69) is 35.1 Å². The van der Waals surface area contributed by atoms with Gasteiger partial charge in [0.2, 0.25) is 0 Å². The summed E-state index contributed by atoms with van der Waals surface area (Å²) < 4.78 is 0. The fraction of sp³-hybridized carbons (Fsp3) is 0.643. The first-order valence-corrected chi connectivity index (χ1v) is 6.62. The molecule has 0 radical (unpaired) electrons. The van der Waals surface area contributed by atoms with E-state index in [0.29, 0.717) is 0 Å². The van der Waals surface area contributed by atoms with Gasteiger partial charge in [0, 0.05) is 25.5 Å². The molecule has 0 aliphatic carbocycles. The van der Waals surface area contributed by atoms with E-state index in [1.54, 1.807) is 0 Å². The van der Waals surface area contributed by atoms with E-state index in [-0.39, 0.29) is 0 Å². The van der Waals surface area contributed by atoms with Gasteiger partial charge in [-0.2, -0.15) is 0 Å². The van der Waals surface area contributed by atoms with Crippen LogP contribution in [0.5, 0.6) is 0 Å². The van der Waals surface area contributed by atoms with Crippen LogP contribution in [0.4, 0.5) is 0 Å². The summed E-state index contributed by atoms with van der Waals surface area (Å²) in [6.07, 6.45) is 5.20. The molecule has 94 valence electrons. The SMILES string of the molecule is CCNCC1CCN(Cc2cnccc2C)C1. The van der Waals surface area contributed by atoms with E-state index in [1.807, 2.05) is 12.4 Å². The second-order valence-electron chi connectivity index (χ2n) is 5.00. The fourth-order valence-corrected chi connectivity index (χ4v) is 2.47. The molecule has 0 amide bonds. The molecule has 17 heavy (non-hydrogen) atoms. The van der Waals surface area contributed by atoms with Crippen LogP contribution in [0.1, 0.15) is 24.5 Å². The minimum Gasteiger partial charge on any atom is -0.317 e. The predicted octanol–water partition coefficient (Wildman–Crippen LogP) is 1.82. The Kier molecular flexibility index (Phi) is 4.51. The Hall–Kier alpha value is -0.930. The Morgan fingerprint density at radius 3 is 3.18 bits per heavy atom. The third-order valence-corrected chi connectivity index (χ3v) is 3.59. The van der Waals surface area contributed by atoms with E-state index in [1.165, 1.54) is 37.2 Å². The van der Waals surface area contributed by atoms with Crippen LogP contribution in [-0.4, -0.2) is 36.1 Å². The number of nitrogens with one attached hydrogen (secondary N) is 1. The van der Waals surface area contributed by atoms with Crippen molar-refractivity contribution in [1.82, 2.24) is 15.2 Å². The molecule has 2 heterocycles. The van der Waals surface area contributed by atoms with Crippen molar-refractivity contribution >= 4 is 0 Å². The van der Waals surface area contributed by atoms with Gasteiger partial charge in [0.1, 0.15) is 0 Å². The lowest BCUT2D eigenvalue weighted by Gasteiger charge is -2.17. The number of hydrogen-bond acceptors (Lipinski definition) is 3. The summed E-state index contributed by atoms with van der Waals surface area (Å²) in [7, 11) is 0. The highest BCUT2D eigenvalue weighted by Crippen LogP contribution is 2.18. The van der Waals surface area contributed by atoms with Gasteiger partial charge in [-0.25, -0.2) is 0 Å². The zero-order valence-electron chi connectivity index (χ0n) is 10.9. The molecule has 1 aliphatic rings. The molecule has 0 spiro atoms. The normalized spacial score (nSPS) is 20.9.